The minimum Gasteiger partial charge on any atom is -0.348 e. The van der Waals surface area contributed by atoms with Gasteiger partial charge in [-0.1, -0.05) is 0 Å². The highest BCUT2D eigenvalue weighted by Gasteiger charge is 2.49. The topological polar surface area (TPSA) is 30.6 Å². The van der Waals surface area contributed by atoms with Crippen molar-refractivity contribution in [2.45, 2.75) is 3.17 Å². The predicted molar refractivity (Wildman–Crippen MR) is 40.8 cm³/mol. The van der Waals surface area contributed by atoms with E-state index in [1.807, 2.05) is 0 Å². The number of carbonyl (C=O) groups excluding carboxylic acids is 1. The molecule has 1 rings (SSSR count). The summed E-state index contributed by atoms with van der Waals surface area (Å²) in [7, 11) is 1.58. The summed E-state index contributed by atoms with van der Waals surface area (Å²) in [6, 6.07) is 0. The van der Waals surface area contributed by atoms with Gasteiger partial charge in [-0.2, -0.15) is 0 Å². The normalized spacial score (nSPS) is 37.0. The van der Waals surface area contributed by atoms with Crippen molar-refractivity contribution in [3.63, 3.8) is 0 Å². The number of ether oxygens (including phenoxy) is 1. The van der Waals surface area contributed by atoms with Crippen LogP contribution in [0.4, 0.5) is 0 Å². The number of halogens is 1. The van der Waals surface area contributed by atoms with Crippen molar-refractivity contribution in [1.29, 1.82) is 0 Å². The van der Waals surface area contributed by atoms with E-state index < -0.39 is 3.17 Å². The second-order valence-electron chi connectivity index (χ2n) is 1.16. The minimum absolute atomic E-state index is 0.351. The van der Waals surface area contributed by atoms with E-state index in [4.69, 9.17) is 9.53 Å². The Labute approximate surface area is 63.9 Å². The second-order valence-corrected chi connectivity index (χ2v) is 6.17. The summed E-state index contributed by atoms with van der Waals surface area (Å²) in [5.74, 6) is 0. The van der Waals surface area contributed by atoms with Gasteiger partial charge in [-0.15, -0.1) is 0 Å². The van der Waals surface area contributed by atoms with Crippen molar-refractivity contribution < 1.29 is 9.53 Å². The number of alkyl halides is 1. The average molecular weight is 216 g/mol. The molecule has 0 unspecified atom stereocenters. The van der Waals surface area contributed by atoms with Crippen molar-refractivity contribution in [3.8, 4) is 0 Å². The third-order valence-electron chi connectivity index (χ3n) is 0.662. The maximum Gasteiger partial charge on any atom is 0.419 e. The molecule has 0 aromatic carbocycles. The van der Waals surface area contributed by atoms with Crippen LogP contribution in [0, 0.1) is 0 Å². The molecule has 2 nitrogen and oxygen atoms in total. The summed E-state index contributed by atoms with van der Waals surface area (Å²) >= 11 is 5.75. The van der Waals surface area contributed by atoms with Crippen LogP contribution >= 0.6 is 39.5 Å². The molecule has 0 aliphatic carbocycles. The van der Waals surface area contributed by atoms with Gasteiger partial charge in [0.2, 0.25) is 3.17 Å². The lowest BCUT2D eigenvalue weighted by molar-refractivity contribution is 0.217. The molecular weight excluding hydrogens is 212 g/mol. The van der Waals surface area contributed by atoms with Crippen LogP contribution < -0.4 is 0 Å². The number of hydrogen-bond acceptors (Lipinski definition) is 3. The highest BCUT2D eigenvalue weighted by molar-refractivity contribution is 9.15. The molecular formula is C3H4BrO2S2+. The lowest BCUT2D eigenvalue weighted by Crippen LogP contribution is -2.26. The average Bonchev–Trinajstić information content (AvgIpc) is 1.63. The molecule has 0 saturated carbocycles. The standard InChI is InChI=1S/C3H3BrO2S2/c1-6-3(4)7-2(5)8-3/h1H3/p+1. The number of thioether (sulfide) groups is 2. The van der Waals surface area contributed by atoms with Gasteiger partial charge in [0.05, 0.1) is 0 Å². The molecule has 1 aliphatic heterocycles. The van der Waals surface area contributed by atoms with E-state index in [1.54, 1.807) is 7.11 Å². The summed E-state index contributed by atoms with van der Waals surface area (Å²) in [5, 5.41) is 0. The van der Waals surface area contributed by atoms with E-state index in [9.17, 15) is 0 Å². The fourth-order valence-electron chi connectivity index (χ4n) is 0.300. The fourth-order valence-corrected chi connectivity index (χ4v) is 3.39. The third-order valence-corrected chi connectivity index (χ3v) is 4.13. The van der Waals surface area contributed by atoms with Gasteiger partial charge in [0.15, 0.2) is 0 Å². The molecule has 0 aromatic rings. The van der Waals surface area contributed by atoms with Crippen LogP contribution in [-0.2, 0) is 4.74 Å². The molecule has 1 N–H and O–H groups in total. The van der Waals surface area contributed by atoms with E-state index in [0.29, 0.717) is 4.45 Å². The first-order chi connectivity index (χ1) is 3.66. The quantitative estimate of drug-likeness (QED) is 0.492. The molecule has 0 aromatic heterocycles. The molecule has 1 aliphatic rings. The Morgan fingerprint density at radius 3 is 2.38 bits per heavy atom. The molecule has 8 heavy (non-hydrogen) atoms. The SMILES string of the molecule is COC1(Br)SC(=[OH+])S1. The Balaban J connectivity index is 2.40. The van der Waals surface area contributed by atoms with Crippen molar-refractivity contribution in [2.75, 3.05) is 7.11 Å². The zero-order chi connectivity index (χ0) is 6.20. The summed E-state index contributed by atoms with van der Waals surface area (Å²) in [6.07, 6.45) is 0. The fraction of sp³-hybridized carbons (Fsp3) is 0.667. The Morgan fingerprint density at radius 1 is 1.75 bits per heavy atom. The first-order valence-corrected chi connectivity index (χ1v) is 4.27. The molecule has 1 heterocycles. The van der Waals surface area contributed by atoms with Crippen LogP contribution in [0.15, 0.2) is 0 Å². The van der Waals surface area contributed by atoms with E-state index in [2.05, 4.69) is 15.9 Å². The van der Waals surface area contributed by atoms with E-state index >= 15 is 0 Å². The van der Waals surface area contributed by atoms with Crippen molar-refractivity contribution in [2.24, 2.45) is 0 Å². The molecule has 0 spiro atoms. The predicted octanol–water partition coefficient (Wildman–Crippen LogP) is 1.58. The number of rotatable bonds is 1. The lowest BCUT2D eigenvalue weighted by Gasteiger charge is -2.25. The number of methoxy groups -OCH3 is 1. The highest BCUT2D eigenvalue weighted by atomic mass is 79.9. The summed E-state index contributed by atoms with van der Waals surface area (Å²) in [5.41, 5.74) is 0. The van der Waals surface area contributed by atoms with Gasteiger partial charge < -0.3 is 4.74 Å². The molecule has 5 heteroatoms. The Bertz CT molecular complexity index is 118. The maximum atomic E-state index is 8.65. The third kappa shape index (κ3) is 1.21. The van der Waals surface area contributed by atoms with Crippen LogP contribution in [0.3, 0.4) is 0 Å². The molecule has 0 atom stereocenters. The van der Waals surface area contributed by atoms with Gasteiger partial charge in [-0.3, -0.25) is 4.79 Å². The minimum atomic E-state index is -0.406. The van der Waals surface area contributed by atoms with Gasteiger partial charge >= 0.3 is 4.45 Å². The monoisotopic (exact) mass is 215 g/mol. The largest absolute Gasteiger partial charge is 0.419 e. The van der Waals surface area contributed by atoms with Crippen LogP contribution in [-0.4, -0.2) is 19.5 Å². The zero-order valence-electron chi connectivity index (χ0n) is 4.05. The van der Waals surface area contributed by atoms with Gasteiger partial charge in [0.25, 0.3) is 0 Å². The molecule has 0 bridgehead atoms. The van der Waals surface area contributed by atoms with E-state index in [1.165, 1.54) is 23.5 Å². The molecule has 1 saturated heterocycles. The first kappa shape index (κ1) is 6.92. The summed E-state index contributed by atoms with van der Waals surface area (Å²) in [6.45, 7) is 0. The molecule has 0 radical (unpaired) electrons. The van der Waals surface area contributed by atoms with E-state index in [-0.39, 0.29) is 0 Å². The van der Waals surface area contributed by atoms with Crippen LogP contribution in [0.2, 0.25) is 0 Å². The second kappa shape index (κ2) is 2.21. The first-order valence-electron chi connectivity index (χ1n) is 1.84. The van der Waals surface area contributed by atoms with Gasteiger partial charge in [0.1, 0.15) is 0 Å². The van der Waals surface area contributed by atoms with E-state index in [0.717, 1.165) is 0 Å². The zero-order valence-corrected chi connectivity index (χ0v) is 7.27. The van der Waals surface area contributed by atoms with Crippen LogP contribution in [0.25, 0.3) is 0 Å². The van der Waals surface area contributed by atoms with Crippen LogP contribution in [0.5, 0.6) is 0 Å². The van der Waals surface area contributed by atoms with Crippen molar-refractivity contribution >= 4 is 43.9 Å². The Kier molecular flexibility index (Phi) is 1.91. The Morgan fingerprint density at radius 2 is 2.25 bits per heavy atom. The highest BCUT2D eigenvalue weighted by Crippen LogP contribution is 2.56. The number of hydrogen-bond donors (Lipinski definition) is 0. The van der Waals surface area contributed by atoms with Crippen molar-refractivity contribution in [3.05, 3.63) is 0 Å². The lowest BCUT2D eigenvalue weighted by atomic mass is 11.5. The Hall–Kier alpha value is 0.810. The van der Waals surface area contributed by atoms with Crippen molar-refractivity contribution in [1.82, 2.24) is 0 Å². The van der Waals surface area contributed by atoms with Gasteiger partial charge in [-0.05, 0) is 15.9 Å². The smallest absolute Gasteiger partial charge is 0.348 e. The van der Waals surface area contributed by atoms with Gasteiger partial charge in [0, 0.05) is 30.6 Å². The molecule has 1 fully saturated rings. The molecule has 0 amide bonds. The maximum absolute atomic E-state index is 8.65. The summed E-state index contributed by atoms with van der Waals surface area (Å²) < 4.78 is 4.85. The van der Waals surface area contributed by atoms with Crippen LogP contribution in [0.1, 0.15) is 0 Å². The molecule has 46 valence electrons. The summed E-state index contributed by atoms with van der Waals surface area (Å²) in [4.78, 5) is 8.65. The van der Waals surface area contributed by atoms with Gasteiger partial charge in [-0.25, -0.2) is 0 Å².